The highest BCUT2D eigenvalue weighted by Crippen LogP contribution is 2.59. The number of esters is 1. The number of hydrogen-bond donors (Lipinski definition) is 7. The van der Waals surface area contributed by atoms with Gasteiger partial charge in [-0.05, 0) is 93.9 Å². The van der Waals surface area contributed by atoms with Gasteiger partial charge in [0.25, 0.3) is 5.91 Å². The van der Waals surface area contributed by atoms with E-state index >= 15 is 0 Å². The van der Waals surface area contributed by atoms with Gasteiger partial charge in [-0.25, -0.2) is 0 Å². The SMILES string of the molecule is CCOC(=O)C(NCC1CCC(OC)C(C2CCC(O)C3C(O)C4C(O)[C@]5(O)C(=O)C(C(N)=O)=C(O)C[C@@H]5C[C@@H]4CC23)C1)C(C)C. The average Bonchev–Trinajstić information content (AvgIpc) is 2.99. The Balaban J connectivity index is 1.37. The molecule has 12 heteroatoms. The van der Waals surface area contributed by atoms with Crippen LogP contribution in [0.2, 0.25) is 0 Å². The fourth-order valence-corrected chi connectivity index (χ4v) is 10.3. The van der Waals surface area contributed by atoms with Crippen molar-refractivity contribution in [1.29, 1.82) is 0 Å². The molecule has 4 saturated carbocycles. The van der Waals surface area contributed by atoms with Crippen molar-refractivity contribution in [2.24, 2.45) is 59.0 Å². The molecular formula is C34H54N2O10. The van der Waals surface area contributed by atoms with Gasteiger partial charge >= 0.3 is 5.97 Å². The Labute approximate surface area is 271 Å². The number of methoxy groups -OCH3 is 1. The highest BCUT2D eigenvalue weighted by molar-refractivity contribution is 6.23. The second kappa shape index (κ2) is 13.8. The number of aliphatic hydroxyl groups excluding tert-OH is 4. The van der Waals surface area contributed by atoms with Gasteiger partial charge in [0.05, 0.1) is 31.0 Å². The van der Waals surface area contributed by atoms with Crippen molar-refractivity contribution >= 4 is 17.7 Å². The summed E-state index contributed by atoms with van der Waals surface area (Å²) in [6.07, 6.45) is 0.853. The molecule has 0 radical (unpaired) electrons. The third kappa shape index (κ3) is 6.02. The normalized spacial score (nSPS) is 43.4. The van der Waals surface area contributed by atoms with Crippen LogP contribution in [0.15, 0.2) is 11.3 Å². The number of fused-ring (bicyclic) bond motifs is 3. The highest BCUT2D eigenvalue weighted by Gasteiger charge is 2.66. The standard InChI is InChI=1S/C34H54N2O10/c1-5-46-33(43)28(15(2)3)36-14-16-6-9-24(45-4)20(10-16)19-7-8-22(37)26-21(19)12-17-11-18-13-23(38)27(32(35)42)31(41)34(18,44)30(40)25(17)29(26)39/h15-22,24-26,28-30,36-40,44H,5-14H2,1-4H3,(H2,35,42)/t16?,17-,18+,19?,20?,21?,22?,24?,25?,26?,28?,29?,30?,34+/m1/s1. The van der Waals surface area contributed by atoms with Crippen LogP contribution in [0, 0.1) is 53.3 Å². The lowest BCUT2D eigenvalue weighted by Crippen LogP contribution is -2.69. The molecule has 14 atom stereocenters. The van der Waals surface area contributed by atoms with Crippen molar-refractivity contribution in [1.82, 2.24) is 5.32 Å². The molecule has 260 valence electrons. The maximum absolute atomic E-state index is 13.3. The van der Waals surface area contributed by atoms with Gasteiger partial charge in [-0.2, -0.15) is 0 Å². The van der Waals surface area contributed by atoms with Crippen LogP contribution in [0.1, 0.15) is 72.1 Å². The first-order chi connectivity index (χ1) is 21.8. The summed E-state index contributed by atoms with van der Waals surface area (Å²) < 4.78 is 11.3. The molecule has 8 N–H and O–H groups in total. The Hall–Kier alpha value is -2.09. The largest absolute Gasteiger partial charge is 0.511 e. The van der Waals surface area contributed by atoms with E-state index in [1.807, 2.05) is 13.8 Å². The van der Waals surface area contributed by atoms with Crippen LogP contribution in [0.3, 0.4) is 0 Å². The van der Waals surface area contributed by atoms with Crippen molar-refractivity contribution in [3.63, 3.8) is 0 Å². The van der Waals surface area contributed by atoms with Gasteiger partial charge in [0.2, 0.25) is 5.78 Å². The summed E-state index contributed by atoms with van der Waals surface area (Å²) in [5.74, 6) is -5.03. The summed E-state index contributed by atoms with van der Waals surface area (Å²) in [5.41, 5.74) is 2.27. The molecule has 5 aliphatic carbocycles. The molecule has 4 fully saturated rings. The number of aliphatic hydroxyl groups is 5. The molecule has 0 saturated heterocycles. The molecule has 5 aliphatic rings. The summed E-state index contributed by atoms with van der Waals surface area (Å²) in [6.45, 7) is 6.78. The number of nitrogens with two attached hydrogens (primary N) is 1. The minimum Gasteiger partial charge on any atom is -0.511 e. The monoisotopic (exact) mass is 650 g/mol. The van der Waals surface area contributed by atoms with Gasteiger partial charge in [-0.15, -0.1) is 0 Å². The van der Waals surface area contributed by atoms with E-state index in [0.29, 0.717) is 31.9 Å². The van der Waals surface area contributed by atoms with Crippen LogP contribution in [0.5, 0.6) is 0 Å². The number of allylic oxidation sites excluding steroid dienone is 1. The first-order valence-electron chi connectivity index (χ1n) is 17.2. The van der Waals surface area contributed by atoms with Gasteiger partial charge in [-0.1, -0.05) is 13.8 Å². The first kappa shape index (κ1) is 35.2. The topological polar surface area (TPSA) is 209 Å². The molecular weight excluding hydrogens is 596 g/mol. The Morgan fingerprint density at radius 3 is 2.37 bits per heavy atom. The molecule has 0 aromatic rings. The Bertz CT molecular complexity index is 1190. The number of amides is 1. The van der Waals surface area contributed by atoms with Crippen LogP contribution < -0.4 is 11.1 Å². The second-order valence-electron chi connectivity index (χ2n) is 15.0. The third-order valence-corrected chi connectivity index (χ3v) is 12.4. The number of hydrogen-bond acceptors (Lipinski definition) is 11. The number of carbonyl (C=O) groups is 3. The van der Waals surface area contributed by atoms with E-state index in [0.717, 1.165) is 25.7 Å². The number of rotatable bonds is 9. The molecule has 46 heavy (non-hydrogen) atoms. The number of primary amides is 1. The molecule has 11 unspecified atom stereocenters. The molecule has 5 rings (SSSR count). The van der Waals surface area contributed by atoms with Gasteiger partial charge in [0, 0.05) is 31.3 Å². The summed E-state index contributed by atoms with van der Waals surface area (Å²) >= 11 is 0. The lowest BCUT2D eigenvalue weighted by molar-refractivity contribution is -0.233. The Morgan fingerprint density at radius 2 is 1.74 bits per heavy atom. The van der Waals surface area contributed by atoms with Crippen molar-refractivity contribution in [2.45, 2.75) is 108 Å². The molecule has 12 nitrogen and oxygen atoms in total. The zero-order chi connectivity index (χ0) is 33.7. The summed E-state index contributed by atoms with van der Waals surface area (Å²) in [6, 6.07) is -0.394. The number of carbonyl (C=O) groups excluding carboxylic acids is 3. The first-order valence-corrected chi connectivity index (χ1v) is 17.2. The fourth-order valence-electron chi connectivity index (χ4n) is 10.3. The van der Waals surface area contributed by atoms with Crippen molar-refractivity contribution in [2.75, 3.05) is 20.3 Å². The van der Waals surface area contributed by atoms with Crippen LogP contribution >= 0.6 is 0 Å². The quantitative estimate of drug-likeness (QED) is 0.138. The lowest BCUT2D eigenvalue weighted by atomic mass is 9.48. The van der Waals surface area contributed by atoms with Crippen molar-refractivity contribution in [3.8, 4) is 0 Å². The maximum atomic E-state index is 13.3. The van der Waals surface area contributed by atoms with E-state index in [-0.39, 0.29) is 54.5 Å². The molecule has 0 aliphatic heterocycles. The molecule has 0 aromatic heterocycles. The van der Waals surface area contributed by atoms with Gasteiger partial charge < -0.3 is 46.1 Å². The molecule has 0 bridgehead atoms. The van der Waals surface area contributed by atoms with E-state index in [2.05, 4.69) is 5.32 Å². The molecule has 1 amide bonds. The zero-order valence-corrected chi connectivity index (χ0v) is 27.5. The highest BCUT2D eigenvalue weighted by atomic mass is 16.5. The minimum absolute atomic E-state index is 0.00488. The van der Waals surface area contributed by atoms with Gasteiger partial charge in [-0.3, -0.25) is 14.4 Å². The summed E-state index contributed by atoms with van der Waals surface area (Å²) in [5, 5.41) is 60.3. The number of nitrogens with one attached hydrogen (secondary N) is 1. The zero-order valence-electron chi connectivity index (χ0n) is 27.5. The Morgan fingerprint density at radius 1 is 1.02 bits per heavy atom. The summed E-state index contributed by atoms with van der Waals surface area (Å²) in [7, 11) is 1.73. The molecule has 0 heterocycles. The third-order valence-electron chi connectivity index (χ3n) is 12.4. The maximum Gasteiger partial charge on any atom is 0.323 e. The van der Waals surface area contributed by atoms with Crippen LogP contribution in [-0.4, -0.2) is 99.5 Å². The molecule has 0 spiro atoms. The Kier molecular flexibility index (Phi) is 10.6. The number of ketones is 1. The van der Waals surface area contributed by atoms with Gasteiger partial charge in [0.1, 0.15) is 17.4 Å². The predicted octanol–water partition coefficient (Wildman–Crippen LogP) is 0.977. The molecule has 0 aromatic carbocycles. The second-order valence-corrected chi connectivity index (χ2v) is 15.0. The summed E-state index contributed by atoms with van der Waals surface area (Å²) in [4.78, 5) is 37.9. The van der Waals surface area contributed by atoms with Crippen molar-refractivity contribution < 1.29 is 49.4 Å². The average molecular weight is 651 g/mol. The van der Waals surface area contributed by atoms with Crippen molar-refractivity contribution in [3.05, 3.63) is 11.3 Å². The van der Waals surface area contributed by atoms with E-state index in [1.165, 1.54) is 0 Å². The van der Waals surface area contributed by atoms with E-state index in [1.54, 1.807) is 14.0 Å². The van der Waals surface area contributed by atoms with Gasteiger partial charge in [0.15, 0.2) is 5.60 Å². The van der Waals surface area contributed by atoms with Crippen LogP contribution in [-0.2, 0) is 23.9 Å². The smallest absolute Gasteiger partial charge is 0.323 e. The number of Topliss-reactive ketones (excluding diaryl/α,β-unsaturated/α-hetero) is 1. The van der Waals surface area contributed by atoms with E-state index < -0.39 is 70.7 Å². The van der Waals surface area contributed by atoms with Crippen LogP contribution in [0.4, 0.5) is 0 Å². The lowest BCUT2D eigenvalue weighted by Gasteiger charge is -2.60. The minimum atomic E-state index is -2.37. The van der Waals surface area contributed by atoms with E-state index in [9.17, 15) is 39.9 Å². The fraction of sp³-hybridized carbons (Fsp3) is 0.853. The predicted molar refractivity (Wildman–Crippen MR) is 166 cm³/mol. The van der Waals surface area contributed by atoms with Crippen LogP contribution in [0.25, 0.3) is 0 Å². The number of ether oxygens (including phenoxy) is 2. The van der Waals surface area contributed by atoms with E-state index in [4.69, 9.17) is 15.2 Å².